The first-order valence-corrected chi connectivity index (χ1v) is 10.3. The number of benzene rings is 2. The van der Waals surface area contributed by atoms with Crippen LogP contribution in [0.3, 0.4) is 0 Å². The molecule has 1 unspecified atom stereocenters. The van der Waals surface area contributed by atoms with E-state index >= 15 is 0 Å². The molecular formula is C24H26FN3O2. The van der Waals surface area contributed by atoms with Gasteiger partial charge in [-0.15, -0.1) is 0 Å². The van der Waals surface area contributed by atoms with Crippen LogP contribution in [0, 0.1) is 11.7 Å². The minimum Gasteiger partial charge on any atom is -0.497 e. The lowest BCUT2D eigenvalue weighted by atomic mass is 9.95. The molecule has 0 radical (unpaired) electrons. The van der Waals surface area contributed by atoms with Gasteiger partial charge in [0.25, 0.3) is 5.91 Å². The van der Waals surface area contributed by atoms with E-state index in [1.807, 2.05) is 35.9 Å². The van der Waals surface area contributed by atoms with Gasteiger partial charge in [0.1, 0.15) is 11.6 Å². The lowest BCUT2D eigenvalue weighted by Crippen LogP contribution is -2.30. The fourth-order valence-corrected chi connectivity index (χ4v) is 4.15. The molecule has 0 aliphatic carbocycles. The van der Waals surface area contributed by atoms with Gasteiger partial charge in [0.15, 0.2) is 5.69 Å². The lowest BCUT2D eigenvalue weighted by Gasteiger charge is -2.27. The molecule has 0 saturated heterocycles. The van der Waals surface area contributed by atoms with Crippen molar-refractivity contribution in [2.45, 2.75) is 39.8 Å². The van der Waals surface area contributed by atoms with E-state index in [4.69, 9.17) is 4.74 Å². The van der Waals surface area contributed by atoms with Crippen LogP contribution in [0.25, 0.3) is 0 Å². The highest BCUT2D eigenvalue weighted by Crippen LogP contribution is 2.43. The number of nitrogens with zero attached hydrogens (tertiary/aromatic N) is 3. The molecule has 4 rings (SSSR count). The zero-order valence-electron chi connectivity index (χ0n) is 17.7. The molecule has 1 amide bonds. The van der Waals surface area contributed by atoms with Crippen molar-refractivity contribution in [3.05, 3.63) is 76.9 Å². The fraction of sp³-hybridized carbons (Fsp3) is 0.333. The first-order valence-electron chi connectivity index (χ1n) is 10.3. The van der Waals surface area contributed by atoms with Crippen LogP contribution < -0.4 is 9.64 Å². The Labute approximate surface area is 176 Å². The molecule has 1 aliphatic heterocycles. The number of methoxy groups -OCH3 is 1. The molecule has 0 saturated carbocycles. The van der Waals surface area contributed by atoms with Gasteiger partial charge >= 0.3 is 0 Å². The molecule has 2 heterocycles. The highest BCUT2D eigenvalue weighted by Gasteiger charge is 2.44. The van der Waals surface area contributed by atoms with Crippen LogP contribution in [0.15, 0.2) is 48.5 Å². The van der Waals surface area contributed by atoms with Crippen LogP contribution in [0.5, 0.6) is 5.75 Å². The van der Waals surface area contributed by atoms with Crippen molar-refractivity contribution in [1.29, 1.82) is 0 Å². The Morgan fingerprint density at radius 3 is 2.33 bits per heavy atom. The predicted molar refractivity (Wildman–Crippen MR) is 114 cm³/mol. The number of ether oxygens (including phenoxy) is 1. The third-order valence-corrected chi connectivity index (χ3v) is 5.49. The first kappa shape index (κ1) is 20.1. The second-order valence-corrected chi connectivity index (χ2v) is 7.95. The number of aryl methyl sites for hydroxylation is 1. The molecule has 0 spiro atoms. The average molecular weight is 407 g/mol. The number of hydrogen-bond donors (Lipinski definition) is 0. The maximum atomic E-state index is 13.6. The summed E-state index contributed by atoms with van der Waals surface area (Å²) in [5, 5.41) is 4.67. The summed E-state index contributed by atoms with van der Waals surface area (Å²) >= 11 is 0. The second kappa shape index (κ2) is 7.94. The number of rotatable bonds is 6. The molecule has 1 aliphatic rings. The Morgan fingerprint density at radius 1 is 1.10 bits per heavy atom. The number of carbonyl (C=O) groups excluding carboxylic acids is 1. The van der Waals surface area contributed by atoms with E-state index in [-0.39, 0.29) is 17.8 Å². The molecular weight excluding hydrogens is 381 g/mol. The Hall–Kier alpha value is -3.15. The van der Waals surface area contributed by atoms with E-state index in [0.29, 0.717) is 18.2 Å². The van der Waals surface area contributed by atoms with Crippen molar-refractivity contribution in [3.8, 4) is 5.75 Å². The van der Waals surface area contributed by atoms with Gasteiger partial charge in [0, 0.05) is 23.5 Å². The highest BCUT2D eigenvalue weighted by molar-refractivity contribution is 6.10. The van der Waals surface area contributed by atoms with Crippen molar-refractivity contribution in [1.82, 2.24) is 9.78 Å². The van der Waals surface area contributed by atoms with Crippen molar-refractivity contribution < 1.29 is 13.9 Å². The quantitative estimate of drug-likeness (QED) is 0.578. The van der Waals surface area contributed by atoms with E-state index in [1.54, 1.807) is 24.1 Å². The molecule has 1 aromatic heterocycles. The molecule has 3 aromatic rings. The summed E-state index contributed by atoms with van der Waals surface area (Å²) in [6.45, 7) is 7.04. The van der Waals surface area contributed by atoms with Gasteiger partial charge in [0.05, 0.1) is 13.2 Å². The van der Waals surface area contributed by atoms with Crippen LogP contribution in [0.1, 0.15) is 54.1 Å². The summed E-state index contributed by atoms with van der Waals surface area (Å²) < 4.78 is 20.8. The summed E-state index contributed by atoms with van der Waals surface area (Å²) in [5.74, 6) is 0.695. The zero-order chi connectivity index (χ0) is 21.4. The van der Waals surface area contributed by atoms with Gasteiger partial charge in [-0.25, -0.2) is 4.39 Å². The van der Waals surface area contributed by atoms with E-state index < -0.39 is 0 Å². The van der Waals surface area contributed by atoms with Crippen LogP contribution in [-0.2, 0) is 13.0 Å². The normalized spacial score (nSPS) is 15.7. The number of anilines is 1. The Bertz CT molecular complexity index is 1060. The fourth-order valence-electron chi connectivity index (χ4n) is 4.15. The lowest BCUT2D eigenvalue weighted by molar-refractivity contribution is 0.0987. The molecule has 0 bridgehead atoms. The number of aromatic nitrogens is 2. The molecule has 0 N–H and O–H groups in total. The second-order valence-electron chi connectivity index (χ2n) is 7.95. The third kappa shape index (κ3) is 3.36. The van der Waals surface area contributed by atoms with E-state index in [1.165, 1.54) is 12.1 Å². The largest absolute Gasteiger partial charge is 0.497 e. The summed E-state index contributed by atoms with van der Waals surface area (Å²) in [5.41, 5.74) is 4.10. The SMILES string of the molecule is CCn1nc2c(c1CC(C)C)C(c1ccc(F)cc1)N(c1ccc(OC)cc1)C2=O. The summed E-state index contributed by atoms with van der Waals surface area (Å²) in [4.78, 5) is 15.3. The van der Waals surface area contributed by atoms with E-state index in [9.17, 15) is 9.18 Å². The van der Waals surface area contributed by atoms with Gasteiger partial charge in [-0.3, -0.25) is 14.4 Å². The molecule has 6 heteroatoms. The number of carbonyl (C=O) groups is 1. The Kier molecular flexibility index (Phi) is 5.33. The molecule has 5 nitrogen and oxygen atoms in total. The zero-order valence-corrected chi connectivity index (χ0v) is 17.7. The van der Waals surface area contributed by atoms with Gasteiger partial charge in [-0.05, 0) is 61.2 Å². The molecule has 1 atom stereocenters. The first-order chi connectivity index (χ1) is 14.4. The van der Waals surface area contributed by atoms with Gasteiger partial charge < -0.3 is 4.74 Å². The number of halogens is 1. The monoisotopic (exact) mass is 407 g/mol. The summed E-state index contributed by atoms with van der Waals surface area (Å²) in [7, 11) is 1.61. The highest BCUT2D eigenvalue weighted by atomic mass is 19.1. The molecule has 0 fully saturated rings. The molecule has 30 heavy (non-hydrogen) atoms. The number of hydrogen-bond acceptors (Lipinski definition) is 3. The Balaban J connectivity index is 1.90. The molecule has 156 valence electrons. The molecule has 2 aromatic carbocycles. The summed E-state index contributed by atoms with van der Waals surface area (Å²) in [6.07, 6.45) is 0.817. The predicted octanol–water partition coefficient (Wildman–Crippen LogP) is 5.00. The van der Waals surface area contributed by atoms with E-state index in [2.05, 4.69) is 18.9 Å². The average Bonchev–Trinajstić information content (AvgIpc) is 3.23. The van der Waals surface area contributed by atoms with Crippen molar-refractivity contribution in [2.24, 2.45) is 5.92 Å². The van der Waals surface area contributed by atoms with Gasteiger partial charge in [0.2, 0.25) is 0 Å². The topological polar surface area (TPSA) is 47.4 Å². The smallest absolute Gasteiger partial charge is 0.280 e. The van der Waals surface area contributed by atoms with Crippen LogP contribution >= 0.6 is 0 Å². The minimum absolute atomic E-state index is 0.137. The van der Waals surface area contributed by atoms with E-state index in [0.717, 1.165) is 34.7 Å². The maximum Gasteiger partial charge on any atom is 0.280 e. The number of amides is 1. The van der Waals surface area contributed by atoms with Gasteiger partial charge in [-0.2, -0.15) is 5.10 Å². The number of fused-ring (bicyclic) bond motifs is 1. The van der Waals surface area contributed by atoms with Crippen molar-refractivity contribution >= 4 is 11.6 Å². The van der Waals surface area contributed by atoms with Crippen LogP contribution in [0.4, 0.5) is 10.1 Å². The standard InChI is InChI=1S/C24H26FN3O2/c1-5-27-20(14-15(2)3)21-22(26-27)24(29)28(18-10-12-19(30-4)13-11-18)23(21)16-6-8-17(25)9-7-16/h6-13,15,23H,5,14H2,1-4H3. The van der Waals surface area contributed by atoms with Crippen molar-refractivity contribution in [3.63, 3.8) is 0 Å². The minimum atomic E-state index is -0.351. The maximum absolute atomic E-state index is 13.6. The Morgan fingerprint density at radius 2 is 1.77 bits per heavy atom. The van der Waals surface area contributed by atoms with Crippen LogP contribution in [-0.4, -0.2) is 22.8 Å². The third-order valence-electron chi connectivity index (χ3n) is 5.49. The summed E-state index contributed by atoms with van der Waals surface area (Å²) in [6, 6.07) is 13.4. The van der Waals surface area contributed by atoms with Crippen LogP contribution in [0.2, 0.25) is 0 Å². The van der Waals surface area contributed by atoms with Crippen molar-refractivity contribution in [2.75, 3.05) is 12.0 Å². The van der Waals surface area contributed by atoms with Gasteiger partial charge in [-0.1, -0.05) is 26.0 Å².